The van der Waals surface area contributed by atoms with Crippen LogP contribution in [0.3, 0.4) is 0 Å². The fraction of sp³-hybridized carbons (Fsp3) is 0.300. The van der Waals surface area contributed by atoms with E-state index in [1.165, 1.54) is 12.1 Å². The molecule has 1 atom stereocenters. The second-order valence-corrected chi connectivity index (χ2v) is 4.16. The Labute approximate surface area is 105 Å². The molecule has 17 heavy (non-hydrogen) atoms. The number of carboxylic acids is 1. The molecule has 0 aliphatic heterocycles. The Hall–Kier alpha value is -1.18. The maximum Gasteiger partial charge on any atom is 0.340 e. The number of benzene rings is 1. The number of carboxylic acid groups (broad SMARTS) is 1. The Morgan fingerprint density at radius 2 is 2.18 bits per heavy atom. The van der Waals surface area contributed by atoms with Gasteiger partial charge in [0.25, 0.3) is 0 Å². The number of aromatic carboxylic acids is 1. The van der Waals surface area contributed by atoms with Gasteiger partial charge in [-0.3, -0.25) is 0 Å². The number of hydrogen-bond donors (Lipinski definition) is 4. The highest BCUT2D eigenvalue weighted by Crippen LogP contribution is 2.25. The van der Waals surface area contributed by atoms with Gasteiger partial charge in [0.1, 0.15) is 5.56 Å². The summed E-state index contributed by atoms with van der Waals surface area (Å²) >= 11 is 2.89. The van der Waals surface area contributed by atoms with Gasteiger partial charge in [0.2, 0.25) is 0 Å². The van der Waals surface area contributed by atoms with Crippen molar-refractivity contribution in [3.8, 4) is 0 Å². The first-order valence-corrected chi connectivity index (χ1v) is 5.50. The van der Waals surface area contributed by atoms with Gasteiger partial charge in [-0.2, -0.15) is 0 Å². The van der Waals surface area contributed by atoms with Crippen LogP contribution >= 0.6 is 15.9 Å². The molecule has 1 aromatic carbocycles. The van der Waals surface area contributed by atoms with Gasteiger partial charge in [0.05, 0.1) is 22.9 Å². The molecule has 0 fully saturated rings. The summed E-state index contributed by atoms with van der Waals surface area (Å²) in [5.74, 6) is -2.30. The Kier molecular flexibility index (Phi) is 4.86. The summed E-state index contributed by atoms with van der Waals surface area (Å²) in [4.78, 5) is 10.9. The molecule has 7 heteroatoms. The van der Waals surface area contributed by atoms with Crippen LogP contribution < -0.4 is 5.32 Å². The van der Waals surface area contributed by atoms with Crippen molar-refractivity contribution >= 4 is 27.6 Å². The number of rotatable bonds is 5. The van der Waals surface area contributed by atoms with E-state index in [1.807, 2.05) is 0 Å². The lowest BCUT2D eigenvalue weighted by molar-refractivity contribution is 0.0692. The number of nitrogens with one attached hydrogen (secondary N) is 1. The molecule has 4 N–H and O–H groups in total. The number of anilines is 1. The van der Waals surface area contributed by atoms with E-state index >= 15 is 0 Å². The van der Waals surface area contributed by atoms with Crippen LogP contribution in [0.5, 0.6) is 0 Å². The summed E-state index contributed by atoms with van der Waals surface area (Å²) in [6.45, 7) is -0.535. The monoisotopic (exact) mass is 307 g/mol. The minimum atomic E-state index is -1.41. The van der Waals surface area contributed by atoms with E-state index in [4.69, 9.17) is 15.3 Å². The first-order chi connectivity index (χ1) is 7.97. The zero-order chi connectivity index (χ0) is 13.0. The average molecular weight is 308 g/mol. The van der Waals surface area contributed by atoms with Gasteiger partial charge in [0.15, 0.2) is 5.82 Å². The molecule has 1 unspecified atom stereocenters. The third-order valence-electron chi connectivity index (χ3n) is 2.05. The fourth-order valence-electron chi connectivity index (χ4n) is 1.20. The molecule has 0 bridgehead atoms. The van der Waals surface area contributed by atoms with Crippen LogP contribution in [0, 0.1) is 5.82 Å². The van der Waals surface area contributed by atoms with E-state index in [-0.39, 0.29) is 16.7 Å². The third kappa shape index (κ3) is 3.39. The maximum atomic E-state index is 13.5. The van der Waals surface area contributed by atoms with Crippen LogP contribution in [0.15, 0.2) is 16.6 Å². The van der Waals surface area contributed by atoms with Crippen molar-refractivity contribution in [2.75, 3.05) is 18.5 Å². The predicted octanol–water partition coefficient (Wildman–Crippen LogP) is 1.05. The fourth-order valence-corrected chi connectivity index (χ4v) is 1.53. The van der Waals surface area contributed by atoms with Crippen LogP contribution in [0.25, 0.3) is 0 Å². The molecule has 0 saturated carbocycles. The molecular formula is C10H11BrFNO4. The van der Waals surface area contributed by atoms with Gasteiger partial charge < -0.3 is 20.6 Å². The van der Waals surface area contributed by atoms with Crippen LogP contribution in [0.4, 0.5) is 10.1 Å². The maximum absolute atomic E-state index is 13.5. The summed E-state index contributed by atoms with van der Waals surface area (Å²) in [7, 11) is 0. The Morgan fingerprint density at radius 3 is 2.71 bits per heavy atom. The van der Waals surface area contributed by atoms with Crippen molar-refractivity contribution in [2.24, 2.45) is 0 Å². The van der Waals surface area contributed by atoms with E-state index in [0.29, 0.717) is 0 Å². The van der Waals surface area contributed by atoms with Gasteiger partial charge in [0, 0.05) is 6.54 Å². The summed E-state index contributed by atoms with van der Waals surface area (Å²) in [6.07, 6.45) is -1.04. The molecule has 94 valence electrons. The van der Waals surface area contributed by atoms with Crippen LogP contribution in [0.2, 0.25) is 0 Å². The largest absolute Gasteiger partial charge is 0.478 e. The van der Waals surface area contributed by atoms with Crippen molar-refractivity contribution in [1.29, 1.82) is 0 Å². The van der Waals surface area contributed by atoms with Crippen LogP contribution in [0.1, 0.15) is 10.4 Å². The van der Waals surface area contributed by atoms with Gasteiger partial charge in [-0.15, -0.1) is 0 Å². The molecular weight excluding hydrogens is 297 g/mol. The molecule has 1 aromatic rings. The molecule has 0 amide bonds. The molecule has 0 heterocycles. The highest BCUT2D eigenvalue weighted by atomic mass is 79.9. The number of aliphatic hydroxyl groups is 2. The molecule has 0 spiro atoms. The van der Waals surface area contributed by atoms with E-state index in [9.17, 15) is 9.18 Å². The van der Waals surface area contributed by atoms with Crippen LogP contribution in [-0.2, 0) is 0 Å². The van der Waals surface area contributed by atoms with Crippen molar-refractivity contribution in [3.63, 3.8) is 0 Å². The second kappa shape index (κ2) is 5.95. The van der Waals surface area contributed by atoms with Gasteiger partial charge >= 0.3 is 5.97 Å². The van der Waals surface area contributed by atoms with Crippen molar-refractivity contribution in [3.05, 3.63) is 28.0 Å². The SMILES string of the molecule is O=C(O)c1c(NCC(O)CO)ccc(Br)c1F. The lowest BCUT2D eigenvalue weighted by atomic mass is 10.1. The Bertz CT molecular complexity index is 427. The number of aliphatic hydroxyl groups excluding tert-OH is 2. The molecule has 0 aliphatic rings. The van der Waals surface area contributed by atoms with E-state index in [0.717, 1.165) is 0 Å². The Morgan fingerprint density at radius 1 is 1.53 bits per heavy atom. The van der Waals surface area contributed by atoms with Crippen molar-refractivity contribution < 1.29 is 24.5 Å². The summed E-state index contributed by atoms with van der Waals surface area (Å²) in [5, 5.41) is 29.2. The minimum Gasteiger partial charge on any atom is -0.478 e. The first-order valence-electron chi connectivity index (χ1n) is 4.71. The van der Waals surface area contributed by atoms with Gasteiger partial charge in [-0.1, -0.05) is 0 Å². The quantitative estimate of drug-likeness (QED) is 0.653. The predicted molar refractivity (Wildman–Crippen MR) is 62.6 cm³/mol. The van der Waals surface area contributed by atoms with Gasteiger partial charge in [-0.05, 0) is 28.1 Å². The molecule has 0 radical (unpaired) electrons. The molecule has 5 nitrogen and oxygen atoms in total. The number of carbonyl (C=O) groups is 1. The topological polar surface area (TPSA) is 89.8 Å². The normalized spacial score (nSPS) is 12.2. The van der Waals surface area contributed by atoms with Gasteiger partial charge in [-0.25, -0.2) is 9.18 Å². The highest BCUT2D eigenvalue weighted by Gasteiger charge is 2.18. The zero-order valence-electron chi connectivity index (χ0n) is 8.65. The second-order valence-electron chi connectivity index (χ2n) is 3.31. The smallest absolute Gasteiger partial charge is 0.340 e. The third-order valence-corrected chi connectivity index (χ3v) is 2.66. The summed E-state index contributed by atoms with van der Waals surface area (Å²) < 4.78 is 13.6. The summed E-state index contributed by atoms with van der Waals surface area (Å²) in [6, 6.07) is 2.73. The molecule has 0 saturated heterocycles. The van der Waals surface area contributed by atoms with E-state index in [2.05, 4.69) is 21.2 Å². The highest BCUT2D eigenvalue weighted by molar-refractivity contribution is 9.10. The standard InChI is InChI=1S/C10H11BrFNO4/c11-6-1-2-7(13-3-5(15)4-14)8(9(6)12)10(16)17/h1-2,5,13-15H,3-4H2,(H,16,17). The lowest BCUT2D eigenvalue weighted by Crippen LogP contribution is -2.24. The molecule has 0 aromatic heterocycles. The van der Waals surface area contributed by atoms with Crippen LogP contribution in [-0.4, -0.2) is 40.5 Å². The molecule has 1 rings (SSSR count). The molecule has 0 aliphatic carbocycles. The van der Waals surface area contributed by atoms with E-state index in [1.54, 1.807) is 0 Å². The average Bonchev–Trinajstić information content (AvgIpc) is 2.29. The minimum absolute atomic E-state index is 0.0446. The first kappa shape index (κ1) is 13.9. The van der Waals surface area contributed by atoms with Crippen molar-refractivity contribution in [1.82, 2.24) is 0 Å². The zero-order valence-corrected chi connectivity index (χ0v) is 10.2. The number of hydrogen-bond acceptors (Lipinski definition) is 4. The Balaban J connectivity index is 2.99. The van der Waals surface area contributed by atoms with E-state index < -0.39 is 30.1 Å². The number of halogens is 2. The lowest BCUT2D eigenvalue weighted by Gasteiger charge is -2.13. The van der Waals surface area contributed by atoms with Crippen molar-refractivity contribution in [2.45, 2.75) is 6.10 Å². The summed E-state index contributed by atoms with van der Waals surface area (Å²) in [5.41, 5.74) is -0.463.